The van der Waals surface area contributed by atoms with Crippen molar-refractivity contribution in [1.29, 1.82) is 0 Å². The molecule has 2 saturated carbocycles. The first-order valence-electron chi connectivity index (χ1n) is 16.4. The average molecular weight is 527 g/mol. The Hall–Kier alpha value is -0.670. The Balaban J connectivity index is 1.41. The highest BCUT2D eigenvalue weighted by atomic mass is 16.7. The molecule has 0 aromatic heterocycles. The molecular formula is C35H58O3. The van der Waals surface area contributed by atoms with E-state index in [4.69, 9.17) is 9.47 Å². The maximum Gasteiger partial charge on any atom is 0.159 e. The third-order valence-electron chi connectivity index (χ3n) is 13.1. The number of hydrogen-bond donors (Lipinski definition) is 0. The number of ketones is 1. The van der Waals surface area contributed by atoms with Gasteiger partial charge in [0.25, 0.3) is 0 Å². The molecule has 1 heterocycles. The van der Waals surface area contributed by atoms with Crippen molar-refractivity contribution >= 4 is 5.78 Å². The van der Waals surface area contributed by atoms with E-state index in [0.717, 1.165) is 56.5 Å². The smallest absolute Gasteiger partial charge is 0.159 e. The molecule has 216 valence electrons. The van der Waals surface area contributed by atoms with Crippen LogP contribution in [0.25, 0.3) is 0 Å². The number of ether oxygens (including phenoxy) is 2. The summed E-state index contributed by atoms with van der Waals surface area (Å²) >= 11 is 0. The first-order valence-corrected chi connectivity index (χ1v) is 16.4. The van der Waals surface area contributed by atoms with Gasteiger partial charge in [-0.3, -0.25) is 4.79 Å². The number of hydrogen-bond acceptors (Lipinski definition) is 3. The second kappa shape index (κ2) is 10.3. The molecule has 38 heavy (non-hydrogen) atoms. The van der Waals surface area contributed by atoms with Gasteiger partial charge in [-0.15, -0.1) is 0 Å². The van der Waals surface area contributed by atoms with Crippen LogP contribution in [0.2, 0.25) is 0 Å². The van der Waals surface area contributed by atoms with Crippen molar-refractivity contribution < 1.29 is 14.3 Å². The van der Waals surface area contributed by atoms with E-state index in [1.807, 2.05) is 0 Å². The van der Waals surface area contributed by atoms with Crippen molar-refractivity contribution in [3.05, 3.63) is 11.1 Å². The van der Waals surface area contributed by atoms with Crippen LogP contribution < -0.4 is 0 Å². The lowest BCUT2D eigenvalue weighted by Crippen LogP contribution is -2.58. The predicted octanol–water partition coefficient (Wildman–Crippen LogP) is 9.29. The van der Waals surface area contributed by atoms with Crippen LogP contribution >= 0.6 is 0 Å². The largest absolute Gasteiger partial charge is 0.353 e. The van der Waals surface area contributed by atoms with Gasteiger partial charge in [0.15, 0.2) is 12.1 Å². The summed E-state index contributed by atoms with van der Waals surface area (Å²) in [6, 6.07) is 0. The fourth-order valence-electron chi connectivity index (χ4n) is 10.6. The summed E-state index contributed by atoms with van der Waals surface area (Å²) in [6.45, 7) is 20.4. The molecule has 4 aliphatic carbocycles. The zero-order chi connectivity index (χ0) is 27.5. The molecule has 0 bridgehead atoms. The SMILES string of the molecule is CC(C)CCCC(C)C1CCC2(C)C3=C(CCC12C)C1(C)CCC(OC2CCCCO2)C(C)(C)C1CC3=O. The topological polar surface area (TPSA) is 35.5 Å². The molecule has 0 aromatic rings. The number of carbonyl (C=O) groups excluding carboxylic acids is 1. The van der Waals surface area contributed by atoms with Crippen LogP contribution in [-0.2, 0) is 14.3 Å². The second-order valence-electron chi connectivity index (χ2n) is 15.9. The third kappa shape index (κ3) is 4.49. The zero-order valence-corrected chi connectivity index (χ0v) is 26.1. The summed E-state index contributed by atoms with van der Waals surface area (Å²) in [5, 5.41) is 0. The molecular weight excluding hydrogens is 468 g/mol. The molecule has 0 spiro atoms. The van der Waals surface area contributed by atoms with Crippen LogP contribution in [0.4, 0.5) is 0 Å². The van der Waals surface area contributed by atoms with E-state index in [2.05, 4.69) is 55.4 Å². The van der Waals surface area contributed by atoms with Crippen LogP contribution in [0.3, 0.4) is 0 Å². The highest BCUT2D eigenvalue weighted by Gasteiger charge is 2.65. The summed E-state index contributed by atoms with van der Waals surface area (Å²) in [4.78, 5) is 14.3. The Kier molecular flexibility index (Phi) is 7.82. The number of Topliss-reactive ketones (excluding diaryl/α,β-unsaturated/α-hetero) is 1. The molecule has 8 unspecified atom stereocenters. The molecule has 0 aromatic carbocycles. The number of carbonyl (C=O) groups is 1. The van der Waals surface area contributed by atoms with E-state index >= 15 is 0 Å². The molecule has 5 aliphatic rings. The van der Waals surface area contributed by atoms with E-state index in [9.17, 15) is 4.79 Å². The molecule has 3 fully saturated rings. The Bertz CT molecular complexity index is 925. The quantitative estimate of drug-likeness (QED) is 0.331. The van der Waals surface area contributed by atoms with Gasteiger partial charge >= 0.3 is 0 Å². The monoisotopic (exact) mass is 526 g/mol. The van der Waals surface area contributed by atoms with Gasteiger partial charge in [0.05, 0.1) is 6.10 Å². The molecule has 3 nitrogen and oxygen atoms in total. The summed E-state index contributed by atoms with van der Waals surface area (Å²) in [6.07, 6.45) is 15.3. The van der Waals surface area contributed by atoms with Crippen molar-refractivity contribution in [3.63, 3.8) is 0 Å². The first kappa shape index (κ1) is 28.8. The minimum atomic E-state index is -0.0568. The van der Waals surface area contributed by atoms with E-state index in [0.29, 0.717) is 18.1 Å². The molecule has 3 heteroatoms. The lowest BCUT2D eigenvalue weighted by atomic mass is 9.43. The third-order valence-corrected chi connectivity index (χ3v) is 13.1. The zero-order valence-electron chi connectivity index (χ0n) is 26.1. The van der Waals surface area contributed by atoms with Gasteiger partial charge in [-0.1, -0.05) is 80.2 Å². The minimum absolute atomic E-state index is 0.0349. The maximum absolute atomic E-state index is 14.3. The first-order chi connectivity index (χ1) is 17.8. The van der Waals surface area contributed by atoms with Gasteiger partial charge in [-0.05, 0) is 97.7 Å². The number of fused-ring (bicyclic) bond motifs is 4. The Morgan fingerprint density at radius 3 is 2.39 bits per heavy atom. The van der Waals surface area contributed by atoms with Crippen LogP contribution in [0.5, 0.6) is 0 Å². The molecule has 5 rings (SSSR count). The number of allylic oxidation sites excluding steroid dienone is 2. The highest BCUT2D eigenvalue weighted by molar-refractivity contribution is 5.99. The summed E-state index contributed by atoms with van der Waals surface area (Å²) in [5.74, 6) is 3.11. The lowest BCUT2D eigenvalue weighted by Gasteiger charge is -2.62. The average Bonchev–Trinajstić information content (AvgIpc) is 3.14. The summed E-state index contributed by atoms with van der Waals surface area (Å²) in [5.41, 5.74) is 3.23. The maximum atomic E-state index is 14.3. The standard InChI is InChI=1S/C35H58O3/c1-23(2)12-11-13-24(3)25-15-20-35(8)31-26(16-19-34(25,35)7)33(6)18-17-29(38-30-14-9-10-21-37-30)32(4,5)28(33)22-27(31)36/h23-25,28-30H,9-22H2,1-8H3. The van der Waals surface area contributed by atoms with Crippen molar-refractivity contribution in [2.45, 2.75) is 151 Å². The fraction of sp³-hybridized carbons (Fsp3) is 0.914. The van der Waals surface area contributed by atoms with E-state index in [1.54, 1.807) is 5.57 Å². The Morgan fingerprint density at radius 2 is 1.71 bits per heavy atom. The minimum Gasteiger partial charge on any atom is -0.353 e. The van der Waals surface area contributed by atoms with Gasteiger partial charge < -0.3 is 9.47 Å². The van der Waals surface area contributed by atoms with Gasteiger partial charge in [0, 0.05) is 24.0 Å². The van der Waals surface area contributed by atoms with E-state index in [-0.39, 0.29) is 34.1 Å². The van der Waals surface area contributed by atoms with Gasteiger partial charge in [-0.2, -0.15) is 0 Å². The van der Waals surface area contributed by atoms with E-state index < -0.39 is 0 Å². The highest BCUT2D eigenvalue weighted by Crippen LogP contribution is 2.72. The Morgan fingerprint density at radius 1 is 0.947 bits per heavy atom. The summed E-state index contributed by atoms with van der Waals surface area (Å²) < 4.78 is 12.6. The molecule has 0 amide bonds. The van der Waals surface area contributed by atoms with Crippen LogP contribution in [0.15, 0.2) is 11.1 Å². The lowest BCUT2D eigenvalue weighted by molar-refractivity contribution is -0.233. The van der Waals surface area contributed by atoms with Crippen molar-refractivity contribution in [1.82, 2.24) is 0 Å². The number of rotatable bonds is 7. The van der Waals surface area contributed by atoms with Gasteiger partial charge in [0.1, 0.15) is 0 Å². The molecule has 0 radical (unpaired) electrons. The second-order valence-corrected chi connectivity index (χ2v) is 15.9. The van der Waals surface area contributed by atoms with Crippen molar-refractivity contribution in [2.75, 3.05) is 6.61 Å². The summed E-state index contributed by atoms with van der Waals surface area (Å²) in [7, 11) is 0. The van der Waals surface area contributed by atoms with Crippen LogP contribution in [-0.4, -0.2) is 24.8 Å². The molecule has 8 atom stereocenters. The molecule has 1 aliphatic heterocycles. The van der Waals surface area contributed by atoms with Crippen LogP contribution in [0, 0.1) is 45.3 Å². The van der Waals surface area contributed by atoms with Gasteiger partial charge in [0.2, 0.25) is 0 Å². The molecule has 0 N–H and O–H groups in total. The van der Waals surface area contributed by atoms with Crippen LogP contribution in [0.1, 0.15) is 139 Å². The predicted molar refractivity (Wildman–Crippen MR) is 156 cm³/mol. The Labute approximate surface area is 234 Å². The normalized spacial score (nSPS) is 43.6. The van der Waals surface area contributed by atoms with Gasteiger partial charge in [-0.25, -0.2) is 0 Å². The molecule has 1 saturated heterocycles. The van der Waals surface area contributed by atoms with Crippen molar-refractivity contribution in [2.24, 2.45) is 45.3 Å². The van der Waals surface area contributed by atoms with Crippen molar-refractivity contribution in [3.8, 4) is 0 Å². The fourth-order valence-corrected chi connectivity index (χ4v) is 10.6. The van der Waals surface area contributed by atoms with E-state index in [1.165, 1.54) is 50.5 Å².